The summed E-state index contributed by atoms with van der Waals surface area (Å²) in [4.78, 5) is 15.6. The zero-order valence-corrected chi connectivity index (χ0v) is 17.0. The summed E-state index contributed by atoms with van der Waals surface area (Å²) in [5.41, 5.74) is 1.35. The van der Waals surface area contributed by atoms with Crippen LogP contribution in [0.1, 0.15) is 23.4 Å². The molecular weight excluding hydrogens is 362 g/mol. The smallest absolute Gasteiger partial charge is 0.315 e. The van der Waals surface area contributed by atoms with Gasteiger partial charge in [0.05, 0.1) is 6.04 Å². The highest BCUT2D eigenvalue weighted by molar-refractivity contribution is 7.17. The van der Waals surface area contributed by atoms with Crippen molar-refractivity contribution in [1.82, 2.24) is 15.5 Å². The van der Waals surface area contributed by atoms with E-state index in [0.29, 0.717) is 6.54 Å². The lowest BCUT2D eigenvalue weighted by atomic mass is 10.0. The van der Waals surface area contributed by atoms with E-state index < -0.39 is 0 Å². The number of nitrogens with zero attached hydrogens (tertiary/aromatic N) is 1. The first-order valence-corrected chi connectivity index (χ1v) is 10.5. The Morgan fingerprint density at radius 1 is 1.15 bits per heavy atom. The van der Waals surface area contributed by atoms with Crippen LogP contribution in [-0.4, -0.2) is 37.6 Å². The average molecular weight is 388 g/mol. The van der Waals surface area contributed by atoms with E-state index in [4.69, 9.17) is 0 Å². The van der Waals surface area contributed by atoms with Crippen molar-refractivity contribution >= 4 is 38.8 Å². The molecule has 0 saturated heterocycles. The number of nitrogens with one attached hydrogen (secondary N) is 2. The summed E-state index contributed by atoms with van der Waals surface area (Å²) in [6.45, 7) is 2.62. The maximum atomic E-state index is 12.3. The second kappa shape index (κ2) is 8.66. The van der Waals surface area contributed by atoms with Gasteiger partial charge in [-0.1, -0.05) is 24.3 Å². The molecule has 0 radical (unpaired) electrons. The fraction of sp³-hybridized carbons (Fsp3) is 0.350. The molecule has 2 amide bonds. The quantitative estimate of drug-likeness (QED) is 0.627. The molecule has 2 heterocycles. The molecule has 0 saturated carbocycles. The van der Waals surface area contributed by atoms with Gasteiger partial charge in [-0.05, 0) is 61.3 Å². The summed E-state index contributed by atoms with van der Waals surface area (Å²) >= 11 is 3.44. The van der Waals surface area contributed by atoms with Crippen LogP contribution < -0.4 is 10.6 Å². The van der Waals surface area contributed by atoms with E-state index >= 15 is 0 Å². The number of hydrogen-bond acceptors (Lipinski definition) is 4. The molecule has 0 aliphatic heterocycles. The number of carbonyl (C=O) groups excluding carboxylic acids is 1. The molecule has 138 valence electrons. The van der Waals surface area contributed by atoms with E-state index in [9.17, 15) is 4.79 Å². The van der Waals surface area contributed by atoms with Crippen LogP contribution in [0.5, 0.6) is 0 Å². The fourth-order valence-electron chi connectivity index (χ4n) is 2.95. The molecule has 0 aliphatic rings. The SMILES string of the molecule is C[C@@H](NC(=O)NC[C@H](Cc1csc2ccccc12)N(C)C)c1cccs1. The number of fused-ring (bicyclic) bond motifs is 1. The predicted octanol–water partition coefficient (Wildman–Crippen LogP) is 4.50. The van der Waals surface area contributed by atoms with Crippen LogP contribution in [0.15, 0.2) is 47.2 Å². The van der Waals surface area contributed by atoms with Crippen molar-refractivity contribution in [3.8, 4) is 0 Å². The average Bonchev–Trinajstić information content (AvgIpc) is 3.28. The fourth-order valence-corrected chi connectivity index (χ4v) is 4.66. The lowest BCUT2D eigenvalue weighted by Gasteiger charge is -2.25. The van der Waals surface area contributed by atoms with Gasteiger partial charge in [0.1, 0.15) is 0 Å². The lowest BCUT2D eigenvalue weighted by molar-refractivity contribution is 0.229. The Hall–Kier alpha value is -1.89. The highest BCUT2D eigenvalue weighted by Gasteiger charge is 2.17. The molecule has 26 heavy (non-hydrogen) atoms. The number of benzene rings is 1. The Labute approximate surface area is 162 Å². The summed E-state index contributed by atoms with van der Waals surface area (Å²) in [5, 5.41) is 11.6. The van der Waals surface area contributed by atoms with Crippen molar-refractivity contribution in [2.75, 3.05) is 20.6 Å². The minimum Gasteiger partial charge on any atom is -0.337 e. The first-order chi connectivity index (χ1) is 12.5. The minimum absolute atomic E-state index is 0.0219. The molecule has 0 fully saturated rings. The van der Waals surface area contributed by atoms with Crippen molar-refractivity contribution in [3.63, 3.8) is 0 Å². The van der Waals surface area contributed by atoms with E-state index in [1.165, 1.54) is 15.6 Å². The van der Waals surface area contributed by atoms with E-state index in [0.717, 1.165) is 11.3 Å². The monoisotopic (exact) mass is 387 g/mol. The van der Waals surface area contributed by atoms with Crippen molar-refractivity contribution in [2.24, 2.45) is 0 Å². The summed E-state index contributed by atoms with van der Waals surface area (Å²) in [6, 6.07) is 12.7. The van der Waals surface area contributed by atoms with Gasteiger partial charge in [-0.25, -0.2) is 4.79 Å². The summed E-state index contributed by atoms with van der Waals surface area (Å²) in [6.07, 6.45) is 0.914. The van der Waals surface area contributed by atoms with Gasteiger partial charge >= 0.3 is 6.03 Å². The first kappa shape index (κ1) is 18.9. The zero-order chi connectivity index (χ0) is 18.5. The largest absolute Gasteiger partial charge is 0.337 e. The maximum absolute atomic E-state index is 12.3. The highest BCUT2D eigenvalue weighted by atomic mass is 32.1. The van der Waals surface area contributed by atoms with Gasteiger partial charge in [0.2, 0.25) is 0 Å². The van der Waals surface area contributed by atoms with Crippen molar-refractivity contribution < 1.29 is 4.79 Å². The maximum Gasteiger partial charge on any atom is 0.315 e. The molecule has 0 aliphatic carbocycles. The number of urea groups is 1. The number of carbonyl (C=O) groups is 1. The molecule has 3 rings (SSSR count). The second-order valence-electron chi connectivity index (χ2n) is 6.67. The van der Waals surface area contributed by atoms with Crippen LogP contribution in [0.2, 0.25) is 0 Å². The molecule has 2 aromatic heterocycles. The summed E-state index contributed by atoms with van der Waals surface area (Å²) in [7, 11) is 4.13. The molecule has 0 spiro atoms. The molecule has 0 unspecified atom stereocenters. The Bertz CT molecular complexity index is 842. The van der Waals surface area contributed by atoms with E-state index in [2.05, 4.69) is 59.3 Å². The summed E-state index contributed by atoms with van der Waals surface area (Å²) < 4.78 is 1.32. The molecule has 2 N–H and O–H groups in total. The molecule has 1 aromatic carbocycles. The molecule has 0 bridgehead atoms. The first-order valence-electron chi connectivity index (χ1n) is 8.74. The normalized spacial score (nSPS) is 13.7. The van der Waals surface area contributed by atoms with E-state index in [1.54, 1.807) is 22.7 Å². The standard InChI is InChI=1S/C20H25N3OS2/c1-14(18-9-6-10-25-18)22-20(24)21-12-16(23(2)3)11-15-13-26-19-8-5-4-7-17(15)19/h4-10,13-14,16H,11-12H2,1-3H3,(H2,21,22,24)/t14-,16+/m1/s1. The van der Waals surface area contributed by atoms with Gasteiger partial charge < -0.3 is 15.5 Å². The zero-order valence-electron chi connectivity index (χ0n) is 15.4. The van der Waals surface area contributed by atoms with Crippen LogP contribution in [0.4, 0.5) is 4.79 Å². The Morgan fingerprint density at radius 3 is 2.69 bits per heavy atom. The third kappa shape index (κ3) is 4.63. The molecule has 2 atom stereocenters. The van der Waals surface area contributed by atoms with Crippen LogP contribution in [0, 0.1) is 0 Å². The van der Waals surface area contributed by atoms with Gasteiger partial charge in [0.15, 0.2) is 0 Å². The summed E-state index contributed by atoms with van der Waals surface area (Å²) in [5.74, 6) is 0. The highest BCUT2D eigenvalue weighted by Crippen LogP contribution is 2.27. The topological polar surface area (TPSA) is 44.4 Å². The van der Waals surface area contributed by atoms with E-state index in [-0.39, 0.29) is 18.1 Å². The third-order valence-electron chi connectivity index (χ3n) is 4.56. The van der Waals surface area contributed by atoms with Crippen LogP contribution in [0.3, 0.4) is 0 Å². The Morgan fingerprint density at radius 2 is 1.96 bits per heavy atom. The Balaban J connectivity index is 1.57. The number of hydrogen-bond donors (Lipinski definition) is 2. The van der Waals surface area contributed by atoms with Crippen LogP contribution >= 0.6 is 22.7 Å². The molecule has 3 aromatic rings. The van der Waals surface area contributed by atoms with Crippen molar-refractivity contribution in [1.29, 1.82) is 0 Å². The minimum atomic E-state index is -0.118. The number of amides is 2. The van der Waals surface area contributed by atoms with Gasteiger partial charge in [0.25, 0.3) is 0 Å². The number of rotatable bonds is 7. The lowest BCUT2D eigenvalue weighted by Crippen LogP contribution is -2.45. The Kier molecular flexibility index (Phi) is 6.29. The van der Waals surface area contributed by atoms with Crippen molar-refractivity contribution in [3.05, 3.63) is 57.6 Å². The number of thiophene rings is 2. The van der Waals surface area contributed by atoms with E-state index in [1.807, 2.05) is 24.4 Å². The number of likely N-dealkylation sites (N-methyl/N-ethyl adjacent to an activating group) is 1. The molecular formula is C20H25N3OS2. The second-order valence-corrected chi connectivity index (χ2v) is 8.56. The van der Waals surface area contributed by atoms with Crippen LogP contribution in [0.25, 0.3) is 10.1 Å². The van der Waals surface area contributed by atoms with Gasteiger partial charge in [-0.2, -0.15) is 0 Å². The molecule has 4 nitrogen and oxygen atoms in total. The predicted molar refractivity (Wildman–Crippen MR) is 112 cm³/mol. The third-order valence-corrected chi connectivity index (χ3v) is 6.63. The van der Waals surface area contributed by atoms with Crippen molar-refractivity contribution in [2.45, 2.75) is 25.4 Å². The van der Waals surface area contributed by atoms with Gasteiger partial charge in [0, 0.05) is 22.2 Å². The van der Waals surface area contributed by atoms with Crippen LogP contribution in [-0.2, 0) is 6.42 Å². The molecule has 6 heteroatoms. The van der Waals surface area contributed by atoms with Gasteiger partial charge in [-0.15, -0.1) is 22.7 Å². The van der Waals surface area contributed by atoms with Gasteiger partial charge in [-0.3, -0.25) is 0 Å².